The minimum absolute atomic E-state index is 0. The van der Waals surface area contributed by atoms with Crippen LogP contribution in [-0.2, 0) is 50.3 Å². The van der Waals surface area contributed by atoms with Crippen LogP contribution in [0.15, 0.2) is 84.9 Å². The summed E-state index contributed by atoms with van der Waals surface area (Å²) in [5.74, 6) is -3.77. The second-order valence-corrected chi connectivity index (χ2v) is 16.3. The van der Waals surface area contributed by atoms with E-state index in [0.29, 0.717) is 52.5 Å². The van der Waals surface area contributed by atoms with E-state index >= 15 is 0 Å². The van der Waals surface area contributed by atoms with E-state index in [1.807, 2.05) is 114 Å². The van der Waals surface area contributed by atoms with Crippen molar-refractivity contribution >= 4 is 23.2 Å². The van der Waals surface area contributed by atoms with Crippen LogP contribution in [0.25, 0.3) is 0 Å². The molecule has 0 saturated heterocycles. The molecule has 0 spiro atoms. The van der Waals surface area contributed by atoms with Crippen LogP contribution in [0.5, 0.6) is 0 Å². The Balaban J connectivity index is 0.00000102. The second kappa shape index (κ2) is 36.5. The van der Waals surface area contributed by atoms with Gasteiger partial charge in [0.05, 0.1) is 39.6 Å². The number of unbranched alkanes of at least 4 members (excludes halogenated alkanes) is 2. The Morgan fingerprint density at radius 1 is 0.523 bits per heavy atom. The Kier molecular flexibility index (Phi) is 34.4. The van der Waals surface area contributed by atoms with Crippen molar-refractivity contribution in [3.8, 4) is 0 Å². The summed E-state index contributed by atoms with van der Waals surface area (Å²) < 4.78 is 76.8. The number of carbonyl (C=O) groups excluding carboxylic acids is 2. The number of anilines is 2. The molecule has 0 radical (unpaired) electrons. The first-order valence-corrected chi connectivity index (χ1v) is 22.7. The number of nitrogens with zero attached hydrogens (tertiary/aromatic N) is 2. The third kappa shape index (κ3) is 26.3. The van der Waals surface area contributed by atoms with Crippen LogP contribution < -0.4 is 9.80 Å². The van der Waals surface area contributed by atoms with E-state index in [-0.39, 0.29) is 71.2 Å². The van der Waals surface area contributed by atoms with Crippen molar-refractivity contribution in [1.29, 1.82) is 0 Å². The summed E-state index contributed by atoms with van der Waals surface area (Å²) in [5, 5.41) is 0. The minimum atomic E-state index is -0.876. The fraction of sp³-hybridized carbons (Fsp3) is 0.538. The molecule has 4 rings (SSSR count). The first-order chi connectivity index (χ1) is 30.7. The summed E-state index contributed by atoms with van der Waals surface area (Å²) in [6, 6.07) is 28.8. The molecule has 4 aromatic rings. The van der Waals surface area contributed by atoms with Crippen LogP contribution in [0.2, 0.25) is 0 Å². The van der Waals surface area contributed by atoms with Gasteiger partial charge in [0.25, 0.3) is 0 Å². The van der Waals surface area contributed by atoms with Gasteiger partial charge in [-0.1, -0.05) is 81.1 Å². The molecule has 0 aromatic heterocycles. The molecule has 0 saturated carbocycles. The van der Waals surface area contributed by atoms with Crippen molar-refractivity contribution in [2.75, 3.05) is 75.7 Å². The molecule has 0 bridgehead atoms. The molecule has 4 aromatic carbocycles. The number of hydrogen-bond acceptors (Lipinski definition) is 6. The van der Waals surface area contributed by atoms with E-state index in [1.165, 1.54) is 21.9 Å². The van der Waals surface area contributed by atoms with Gasteiger partial charge in [0, 0.05) is 60.4 Å². The first-order valence-electron chi connectivity index (χ1n) is 22.7. The molecule has 13 heteroatoms. The fourth-order valence-corrected chi connectivity index (χ4v) is 6.24. The van der Waals surface area contributed by atoms with Crippen molar-refractivity contribution in [1.82, 2.24) is 0 Å². The van der Waals surface area contributed by atoms with E-state index in [0.717, 1.165) is 50.7 Å². The molecule has 0 fully saturated rings. The van der Waals surface area contributed by atoms with Gasteiger partial charge in [-0.3, -0.25) is 9.59 Å². The average molecular weight is 947 g/mol. The van der Waals surface area contributed by atoms with Gasteiger partial charge in [0.1, 0.15) is 0 Å². The molecule has 0 aliphatic heterocycles. The number of benzene rings is 2. The van der Waals surface area contributed by atoms with Crippen molar-refractivity contribution in [3.05, 3.63) is 120 Å². The molecular formula is C52H74F4N2O6Ti. The smallest absolute Gasteiger partial charge is 0.379 e. The van der Waals surface area contributed by atoms with Gasteiger partial charge in [0.15, 0.2) is 0 Å². The Morgan fingerprint density at radius 3 is 1.11 bits per heavy atom. The summed E-state index contributed by atoms with van der Waals surface area (Å²) in [5.41, 5.74) is -1.26. The van der Waals surface area contributed by atoms with Crippen LogP contribution in [0, 0.1) is 46.2 Å². The monoisotopic (exact) mass is 946 g/mol. The zero-order valence-electron chi connectivity index (χ0n) is 40.2. The molecule has 8 nitrogen and oxygen atoms in total. The second-order valence-electron chi connectivity index (χ2n) is 16.3. The maximum absolute atomic E-state index is 14.2. The van der Waals surface area contributed by atoms with E-state index in [2.05, 4.69) is 13.8 Å². The molecule has 0 heterocycles. The van der Waals surface area contributed by atoms with Crippen molar-refractivity contribution in [2.24, 2.45) is 10.8 Å². The van der Waals surface area contributed by atoms with Crippen LogP contribution >= 0.6 is 0 Å². The molecule has 0 atom stereocenters. The van der Waals surface area contributed by atoms with Gasteiger partial charge in [-0.05, 0) is 37.1 Å². The van der Waals surface area contributed by atoms with Crippen molar-refractivity contribution in [3.63, 3.8) is 0 Å². The maximum atomic E-state index is 14.2. The van der Waals surface area contributed by atoms with E-state index in [4.69, 9.17) is 18.9 Å². The number of hydrogen-bond donors (Lipinski definition) is 0. The summed E-state index contributed by atoms with van der Waals surface area (Å²) in [7, 11) is 0. The molecule has 360 valence electrons. The largest absolute Gasteiger partial charge is 4.00 e. The minimum Gasteiger partial charge on any atom is -0.379 e. The van der Waals surface area contributed by atoms with Crippen LogP contribution in [-0.4, -0.2) is 77.8 Å². The standard InChI is InChI=1S/2C21H32F2NO3.2C5H5.Ti/c2*1-5-7-12-26-14-15-27-13-11-24(20(25)21(3,4)10-6-2)19-9-8-17(22)16-18(19)23;2*1-2-4-5-3-1;/h2*8-9H,5-7,10-15H2,1-4H3;2*1-5H;/q4*-1;+4. The first kappa shape index (κ1) is 61.4. The topological polar surface area (TPSA) is 77.5 Å². The Labute approximate surface area is 403 Å². The zero-order valence-corrected chi connectivity index (χ0v) is 41.7. The van der Waals surface area contributed by atoms with Crippen LogP contribution in [0.3, 0.4) is 0 Å². The van der Waals surface area contributed by atoms with Crippen LogP contribution in [0.1, 0.15) is 107 Å². The molecule has 0 aliphatic carbocycles. The Morgan fingerprint density at radius 2 is 0.846 bits per heavy atom. The van der Waals surface area contributed by atoms with E-state index < -0.39 is 34.1 Å². The van der Waals surface area contributed by atoms with Gasteiger partial charge < -0.3 is 28.7 Å². The molecule has 2 amide bonds. The van der Waals surface area contributed by atoms with Gasteiger partial charge in [0.2, 0.25) is 11.8 Å². The zero-order chi connectivity index (χ0) is 47.6. The summed E-state index contributed by atoms with van der Waals surface area (Å²) in [6.07, 6.45) is 7.16. The molecule has 0 unspecified atom stereocenters. The Hall–Kier alpha value is -3.65. The number of carbonyl (C=O) groups is 2. The quantitative estimate of drug-likeness (QED) is 0.0270. The SMILES string of the molecule is CCCCOCCOCCN(C(=O)C(C)(C)CCC)c1ccc(F)[c-]c1F.CCCCOCCOCCN(C(=O)C(C)(C)CCC)c1ccc(F)[c-]c1F.[Ti+4].c1cc[cH-]c1.c1cc[cH-]c1. The average Bonchev–Trinajstić information content (AvgIpc) is 4.05. The van der Waals surface area contributed by atoms with Crippen LogP contribution in [0.4, 0.5) is 28.9 Å². The summed E-state index contributed by atoms with van der Waals surface area (Å²) in [6.45, 7) is 19.5. The molecule has 0 aliphatic rings. The van der Waals surface area contributed by atoms with Gasteiger partial charge in [-0.2, -0.15) is 36.4 Å². The number of amides is 2. The number of rotatable bonds is 26. The molecule has 0 N–H and O–H groups in total. The number of halogens is 4. The summed E-state index contributed by atoms with van der Waals surface area (Å²) >= 11 is 0. The summed E-state index contributed by atoms with van der Waals surface area (Å²) in [4.78, 5) is 28.7. The predicted octanol–water partition coefficient (Wildman–Crippen LogP) is 12.3. The molecular weight excluding hydrogens is 872 g/mol. The van der Waals surface area contributed by atoms with E-state index in [1.54, 1.807) is 0 Å². The normalized spacial score (nSPS) is 10.9. The van der Waals surface area contributed by atoms with Gasteiger partial charge in [-0.15, -0.1) is 36.4 Å². The third-order valence-electron chi connectivity index (χ3n) is 9.72. The third-order valence-corrected chi connectivity index (χ3v) is 9.72. The van der Waals surface area contributed by atoms with Gasteiger partial charge in [-0.25, -0.2) is 41.8 Å². The van der Waals surface area contributed by atoms with E-state index in [9.17, 15) is 27.2 Å². The van der Waals surface area contributed by atoms with Crippen molar-refractivity contribution in [2.45, 2.75) is 107 Å². The fourth-order valence-electron chi connectivity index (χ4n) is 6.24. The van der Waals surface area contributed by atoms with Gasteiger partial charge >= 0.3 is 21.7 Å². The molecule has 65 heavy (non-hydrogen) atoms. The van der Waals surface area contributed by atoms with Crippen molar-refractivity contribution < 1.29 is 67.8 Å². The Bertz CT molecular complexity index is 1600. The maximum Gasteiger partial charge on any atom is 4.00 e. The predicted molar refractivity (Wildman–Crippen MR) is 250 cm³/mol. The number of ether oxygens (including phenoxy) is 4.